The number of para-hydroxylation sites is 1. The number of rotatable bonds is 7. The molecule has 0 amide bonds. The Morgan fingerprint density at radius 2 is 1.68 bits per heavy atom. The number of nitrogens with one attached hydrogen (secondary N) is 1. The number of anilines is 1. The van der Waals surface area contributed by atoms with Gasteiger partial charge < -0.3 is 20.5 Å². The van der Waals surface area contributed by atoms with Crippen LogP contribution in [0.2, 0.25) is 0 Å². The smallest absolute Gasteiger partial charge is 0.418 e. The molecule has 0 aliphatic rings. The highest BCUT2D eigenvalue weighted by atomic mass is 19.4. The van der Waals surface area contributed by atoms with E-state index in [4.69, 9.17) is 15.2 Å². The predicted octanol–water partition coefficient (Wildman–Crippen LogP) is 4.77. The van der Waals surface area contributed by atoms with E-state index in [1.165, 1.54) is 32.4 Å². The van der Waals surface area contributed by atoms with Gasteiger partial charge in [-0.25, -0.2) is 4.99 Å². The van der Waals surface area contributed by atoms with Gasteiger partial charge in [-0.3, -0.25) is 4.98 Å². The summed E-state index contributed by atoms with van der Waals surface area (Å²) in [6.45, 7) is 0.428. The summed E-state index contributed by atoms with van der Waals surface area (Å²) in [6.07, 6.45) is -1.23. The van der Waals surface area contributed by atoms with E-state index in [0.717, 1.165) is 11.6 Å². The number of nitrogens with two attached hydrogens (primary N) is 1. The van der Waals surface area contributed by atoms with E-state index in [-0.39, 0.29) is 11.5 Å². The summed E-state index contributed by atoms with van der Waals surface area (Å²) in [6, 6.07) is 11.9. The summed E-state index contributed by atoms with van der Waals surface area (Å²) in [5.41, 5.74) is 6.87. The van der Waals surface area contributed by atoms with Gasteiger partial charge in [-0.1, -0.05) is 12.1 Å². The molecule has 0 atom stereocenters. The first-order valence-corrected chi connectivity index (χ1v) is 9.23. The quantitative estimate of drug-likeness (QED) is 0.417. The highest BCUT2D eigenvalue weighted by molar-refractivity contribution is 6.04. The van der Waals surface area contributed by atoms with Crippen LogP contribution in [-0.2, 0) is 12.7 Å². The lowest BCUT2D eigenvalue weighted by Gasteiger charge is -2.17. The molecule has 1 aromatic heterocycles. The zero-order chi connectivity index (χ0) is 22.4. The molecule has 0 fully saturated rings. The van der Waals surface area contributed by atoms with Crippen molar-refractivity contribution in [3.8, 4) is 11.5 Å². The molecule has 2 aromatic carbocycles. The number of nitrogens with zero attached hydrogens (tertiary/aromatic N) is 2. The number of pyridine rings is 1. The monoisotopic (exact) mass is 430 g/mol. The highest BCUT2D eigenvalue weighted by Crippen LogP contribution is 2.37. The van der Waals surface area contributed by atoms with Gasteiger partial charge in [0.15, 0.2) is 11.5 Å². The minimum absolute atomic E-state index is 0.102. The third-order valence-electron chi connectivity index (χ3n) is 4.48. The van der Waals surface area contributed by atoms with Gasteiger partial charge in [0.05, 0.1) is 25.5 Å². The van der Waals surface area contributed by atoms with Gasteiger partial charge in [-0.15, -0.1) is 0 Å². The van der Waals surface area contributed by atoms with E-state index in [1.807, 2.05) is 12.1 Å². The van der Waals surface area contributed by atoms with Crippen molar-refractivity contribution in [2.45, 2.75) is 12.7 Å². The Labute approximate surface area is 177 Å². The third-order valence-corrected chi connectivity index (χ3v) is 4.48. The Kier molecular flexibility index (Phi) is 6.64. The lowest BCUT2D eigenvalue weighted by Crippen LogP contribution is -2.17. The average molecular weight is 430 g/mol. The van der Waals surface area contributed by atoms with Crippen LogP contribution in [0.4, 0.5) is 24.5 Å². The van der Waals surface area contributed by atoms with Crippen molar-refractivity contribution in [1.29, 1.82) is 0 Å². The minimum Gasteiger partial charge on any atom is -0.493 e. The molecular formula is C22H21F3N4O2. The van der Waals surface area contributed by atoms with E-state index in [1.54, 1.807) is 24.5 Å². The van der Waals surface area contributed by atoms with Crippen LogP contribution in [0.15, 0.2) is 65.9 Å². The lowest BCUT2D eigenvalue weighted by molar-refractivity contribution is -0.137. The van der Waals surface area contributed by atoms with Crippen LogP contribution in [0, 0.1) is 0 Å². The molecule has 9 heteroatoms. The molecule has 0 unspecified atom stereocenters. The van der Waals surface area contributed by atoms with Gasteiger partial charge in [-0.2, -0.15) is 13.2 Å². The fourth-order valence-electron chi connectivity index (χ4n) is 2.94. The largest absolute Gasteiger partial charge is 0.493 e. The van der Waals surface area contributed by atoms with Crippen LogP contribution in [-0.4, -0.2) is 25.0 Å². The van der Waals surface area contributed by atoms with Gasteiger partial charge in [0.2, 0.25) is 0 Å². The van der Waals surface area contributed by atoms with Crippen molar-refractivity contribution in [3.63, 3.8) is 0 Å². The van der Waals surface area contributed by atoms with Crippen LogP contribution in [0.3, 0.4) is 0 Å². The molecular weight excluding hydrogens is 409 g/mol. The zero-order valence-corrected chi connectivity index (χ0v) is 16.9. The zero-order valence-electron chi connectivity index (χ0n) is 16.9. The van der Waals surface area contributed by atoms with Gasteiger partial charge in [0, 0.05) is 36.3 Å². The van der Waals surface area contributed by atoms with Gasteiger partial charge in [0.1, 0.15) is 5.84 Å². The highest BCUT2D eigenvalue weighted by Gasteiger charge is 2.33. The van der Waals surface area contributed by atoms with Crippen LogP contribution < -0.4 is 20.5 Å². The maximum Gasteiger partial charge on any atom is 0.418 e. The van der Waals surface area contributed by atoms with Gasteiger partial charge in [0.25, 0.3) is 0 Å². The SMILES string of the molecule is COc1cc(NCc2ccncc2)c(C(N)=Nc2ccccc2C(F)(F)F)cc1OC. The number of halogens is 3. The molecule has 3 aromatic rings. The molecule has 3 rings (SSSR count). The summed E-state index contributed by atoms with van der Waals surface area (Å²) in [4.78, 5) is 8.05. The summed E-state index contributed by atoms with van der Waals surface area (Å²) in [7, 11) is 2.94. The normalized spacial score (nSPS) is 11.8. The van der Waals surface area contributed by atoms with Crippen molar-refractivity contribution in [2.75, 3.05) is 19.5 Å². The second-order valence-electron chi connectivity index (χ2n) is 6.47. The lowest BCUT2D eigenvalue weighted by atomic mass is 10.1. The number of hydrogen-bond acceptors (Lipinski definition) is 5. The fourth-order valence-corrected chi connectivity index (χ4v) is 2.94. The first-order chi connectivity index (χ1) is 14.8. The van der Waals surface area contributed by atoms with E-state index in [0.29, 0.717) is 29.3 Å². The van der Waals surface area contributed by atoms with Gasteiger partial charge in [-0.05, 0) is 35.9 Å². The van der Waals surface area contributed by atoms with E-state index < -0.39 is 11.7 Å². The molecule has 31 heavy (non-hydrogen) atoms. The number of benzene rings is 2. The summed E-state index contributed by atoms with van der Waals surface area (Å²) in [5, 5.41) is 3.22. The molecule has 0 aliphatic carbocycles. The number of aromatic nitrogens is 1. The molecule has 1 heterocycles. The topological polar surface area (TPSA) is 81.8 Å². The van der Waals surface area contributed by atoms with Crippen molar-refractivity contribution in [2.24, 2.45) is 10.7 Å². The minimum atomic E-state index is -4.56. The number of hydrogen-bond donors (Lipinski definition) is 2. The number of methoxy groups -OCH3 is 2. The molecule has 162 valence electrons. The number of ether oxygens (including phenoxy) is 2. The first-order valence-electron chi connectivity index (χ1n) is 9.23. The second kappa shape index (κ2) is 9.38. The summed E-state index contributed by atoms with van der Waals surface area (Å²) < 4.78 is 50.7. The number of alkyl halides is 3. The van der Waals surface area contributed by atoms with E-state index in [9.17, 15) is 13.2 Å². The molecule has 0 saturated carbocycles. The Balaban J connectivity index is 2.05. The molecule has 0 radical (unpaired) electrons. The summed E-state index contributed by atoms with van der Waals surface area (Å²) >= 11 is 0. The maximum atomic E-state index is 13.3. The Hall–Kier alpha value is -3.75. The molecule has 0 bridgehead atoms. The van der Waals surface area contributed by atoms with Crippen molar-refractivity contribution < 1.29 is 22.6 Å². The van der Waals surface area contributed by atoms with Crippen LogP contribution in [0.25, 0.3) is 0 Å². The van der Waals surface area contributed by atoms with Crippen molar-refractivity contribution in [3.05, 3.63) is 77.6 Å². The molecule has 6 nitrogen and oxygen atoms in total. The number of amidine groups is 1. The van der Waals surface area contributed by atoms with Crippen LogP contribution >= 0.6 is 0 Å². The molecule has 0 saturated heterocycles. The van der Waals surface area contributed by atoms with Crippen LogP contribution in [0.1, 0.15) is 16.7 Å². The van der Waals surface area contributed by atoms with Crippen molar-refractivity contribution in [1.82, 2.24) is 4.98 Å². The average Bonchev–Trinajstić information content (AvgIpc) is 2.77. The van der Waals surface area contributed by atoms with E-state index >= 15 is 0 Å². The van der Waals surface area contributed by atoms with Crippen molar-refractivity contribution >= 4 is 17.2 Å². The third kappa shape index (κ3) is 5.25. The summed E-state index contributed by atoms with van der Waals surface area (Å²) in [5.74, 6) is 0.705. The fraction of sp³-hybridized carbons (Fsp3) is 0.182. The number of aliphatic imine (C=N–C) groups is 1. The van der Waals surface area contributed by atoms with Gasteiger partial charge >= 0.3 is 6.18 Å². The van der Waals surface area contributed by atoms with E-state index in [2.05, 4.69) is 15.3 Å². The first kappa shape index (κ1) is 21.9. The second-order valence-corrected chi connectivity index (χ2v) is 6.47. The Morgan fingerprint density at radius 1 is 1.03 bits per heavy atom. The Bertz CT molecular complexity index is 1070. The molecule has 3 N–H and O–H groups in total. The molecule has 0 aliphatic heterocycles. The standard InChI is InChI=1S/C22H21F3N4O2/c1-30-19-11-15(21(26)29-17-6-4-3-5-16(17)22(23,24)25)18(12-20(19)31-2)28-13-14-7-9-27-10-8-14/h3-12,28H,13H2,1-2H3,(H2,26,29). The predicted molar refractivity (Wildman–Crippen MR) is 113 cm³/mol. The maximum absolute atomic E-state index is 13.3. The Morgan fingerprint density at radius 3 is 2.32 bits per heavy atom. The molecule has 0 spiro atoms. The van der Waals surface area contributed by atoms with Crippen LogP contribution in [0.5, 0.6) is 11.5 Å².